The highest BCUT2D eigenvalue weighted by Gasteiger charge is 2.22. The predicted octanol–water partition coefficient (Wildman–Crippen LogP) is 3.95. The molecule has 0 amide bonds. The summed E-state index contributed by atoms with van der Waals surface area (Å²) < 4.78 is 3.31. The van der Waals surface area contributed by atoms with Crippen molar-refractivity contribution in [2.45, 2.75) is 19.9 Å². The molecule has 0 saturated carbocycles. The van der Waals surface area contributed by atoms with Crippen LogP contribution >= 0.6 is 39.9 Å². The van der Waals surface area contributed by atoms with Crippen LogP contribution in [0, 0.1) is 5.92 Å². The van der Waals surface area contributed by atoms with E-state index in [0.717, 1.165) is 49.7 Å². The molecule has 0 bridgehead atoms. The quantitative estimate of drug-likeness (QED) is 0.314. The van der Waals surface area contributed by atoms with Crippen LogP contribution in [0.4, 0.5) is 5.69 Å². The maximum Gasteiger partial charge on any atom is 0.191 e. The third-order valence-electron chi connectivity index (χ3n) is 4.64. The van der Waals surface area contributed by atoms with Gasteiger partial charge in [-0.15, -0.1) is 24.0 Å². The molecule has 2 N–H and O–H groups in total. The van der Waals surface area contributed by atoms with E-state index in [1.165, 1.54) is 12.1 Å². The third kappa shape index (κ3) is 7.03. The maximum absolute atomic E-state index is 4.81. The molecule has 1 saturated heterocycles. The summed E-state index contributed by atoms with van der Waals surface area (Å²) in [7, 11) is 0. The molecule has 0 aliphatic carbocycles. The van der Waals surface area contributed by atoms with Crippen LogP contribution in [0.5, 0.6) is 0 Å². The molecule has 7 heteroatoms. The second-order valence-electron chi connectivity index (χ2n) is 6.65. The van der Waals surface area contributed by atoms with Crippen LogP contribution in [0.15, 0.2) is 58.3 Å². The number of aliphatic imine (C=N–C) groups is 1. The Morgan fingerprint density at radius 1 is 1.22 bits per heavy atom. The van der Waals surface area contributed by atoms with Crippen molar-refractivity contribution in [3.8, 4) is 0 Å². The van der Waals surface area contributed by atoms with Crippen LogP contribution in [0.1, 0.15) is 13.3 Å². The van der Waals surface area contributed by atoms with Crippen molar-refractivity contribution >= 4 is 51.6 Å². The molecular weight excluding hydrogens is 517 g/mol. The summed E-state index contributed by atoms with van der Waals surface area (Å²) in [5, 5.41) is 6.78. The number of aromatic nitrogens is 1. The van der Waals surface area contributed by atoms with Gasteiger partial charge in [-0.3, -0.25) is 4.99 Å². The van der Waals surface area contributed by atoms with E-state index < -0.39 is 0 Å². The molecular formula is C20H29BrIN5. The molecule has 27 heavy (non-hydrogen) atoms. The standard InChI is InChI=1S/C20H28BrN5.HI/c1-2-22-20(23-9-13-25-10-3-4-11-25)24-15-17-8-12-26(16-17)19-7-5-6-18(21)14-19;/h3-7,10-11,14,17H,2,8-9,12-13,15-16H2,1H3,(H2,22,23,24);1H. The van der Waals surface area contributed by atoms with E-state index in [1.54, 1.807) is 0 Å². The molecule has 1 fully saturated rings. The molecule has 5 nitrogen and oxygen atoms in total. The van der Waals surface area contributed by atoms with Gasteiger partial charge in [0.1, 0.15) is 0 Å². The molecule has 1 unspecified atom stereocenters. The second kappa shape index (κ2) is 11.6. The van der Waals surface area contributed by atoms with Crippen molar-refractivity contribution in [1.82, 2.24) is 15.2 Å². The highest BCUT2D eigenvalue weighted by molar-refractivity contribution is 14.0. The Morgan fingerprint density at radius 3 is 2.78 bits per heavy atom. The van der Waals surface area contributed by atoms with Crippen molar-refractivity contribution in [3.05, 3.63) is 53.3 Å². The fourth-order valence-electron chi connectivity index (χ4n) is 3.27. The van der Waals surface area contributed by atoms with Crippen molar-refractivity contribution in [2.24, 2.45) is 10.9 Å². The molecule has 2 heterocycles. The summed E-state index contributed by atoms with van der Waals surface area (Å²) in [6.07, 6.45) is 5.36. The van der Waals surface area contributed by atoms with E-state index in [2.05, 4.69) is 91.7 Å². The zero-order valence-electron chi connectivity index (χ0n) is 15.8. The predicted molar refractivity (Wildman–Crippen MR) is 128 cm³/mol. The first kappa shape index (κ1) is 22.1. The summed E-state index contributed by atoms with van der Waals surface area (Å²) >= 11 is 3.56. The Labute approximate surface area is 187 Å². The number of halogens is 2. The van der Waals surface area contributed by atoms with E-state index in [-0.39, 0.29) is 24.0 Å². The van der Waals surface area contributed by atoms with Gasteiger partial charge in [-0.2, -0.15) is 0 Å². The van der Waals surface area contributed by atoms with Crippen LogP contribution in [-0.2, 0) is 6.54 Å². The molecule has 0 radical (unpaired) electrons. The zero-order chi connectivity index (χ0) is 18.2. The first-order valence-electron chi connectivity index (χ1n) is 9.38. The minimum atomic E-state index is 0. The van der Waals surface area contributed by atoms with Gasteiger partial charge in [0.05, 0.1) is 0 Å². The van der Waals surface area contributed by atoms with E-state index in [0.29, 0.717) is 5.92 Å². The lowest BCUT2D eigenvalue weighted by Crippen LogP contribution is -2.39. The zero-order valence-corrected chi connectivity index (χ0v) is 19.7. The van der Waals surface area contributed by atoms with Crippen molar-refractivity contribution in [1.29, 1.82) is 0 Å². The van der Waals surface area contributed by atoms with E-state index in [1.807, 2.05) is 0 Å². The molecule has 0 spiro atoms. The summed E-state index contributed by atoms with van der Waals surface area (Å²) in [4.78, 5) is 7.26. The van der Waals surface area contributed by atoms with Crippen molar-refractivity contribution in [2.75, 3.05) is 37.6 Å². The smallest absolute Gasteiger partial charge is 0.191 e. The van der Waals surface area contributed by atoms with E-state index in [9.17, 15) is 0 Å². The van der Waals surface area contributed by atoms with Crippen LogP contribution in [0.3, 0.4) is 0 Å². The average molecular weight is 546 g/mol. The Bertz CT molecular complexity index is 704. The molecule has 148 valence electrons. The molecule has 1 aliphatic heterocycles. The Balaban J connectivity index is 0.00000261. The topological polar surface area (TPSA) is 44.6 Å². The highest BCUT2D eigenvalue weighted by Crippen LogP contribution is 2.26. The SMILES string of the molecule is CCNC(=NCC1CCN(c2cccc(Br)c2)C1)NCCn1cccc1.I. The van der Waals surface area contributed by atoms with Gasteiger partial charge in [0.25, 0.3) is 0 Å². The Hall–Kier alpha value is -1.22. The number of benzene rings is 1. The van der Waals surface area contributed by atoms with Crippen molar-refractivity contribution in [3.63, 3.8) is 0 Å². The van der Waals surface area contributed by atoms with Gasteiger partial charge in [0.2, 0.25) is 0 Å². The normalized spacial score (nSPS) is 16.9. The molecule has 3 rings (SSSR count). The number of guanidine groups is 1. The first-order valence-corrected chi connectivity index (χ1v) is 10.2. The maximum atomic E-state index is 4.81. The number of hydrogen-bond acceptors (Lipinski definition) is 2. The fourth-order valence-corrected chi connectivity index (χ4v) is 3.66. The van der Waals surface area contributed by atoms with Crippen LogP contribution in [0.25, 0.3) is 0 Å². The van der Waals surface area contributed by atoms with Gasteiger partial charge in [0.15, 0.2) is 5.96 Å². The van der Waals surface area contributed by atoms with E-state index >= 15 is 0 Å². The monoisotopic (exact) mass is 545 g/mol. The Morgan fingerprint density at radius 2 is 2.04 bits per heavy atom. The van der Waals surface area contributed by atoms with Gasteiger partial charge in [0, 0.05) is 61.8 Å². The fraction of sp³-hybridized carbons (Fsp3) is 0.450. The van der Waals surface area contributed by atoms with Crippen LogP contribution in [-0.4, -0.2) is 43.3 Å². The lowest BCUT2D eigenvalue weighted by Gasteiger charge is -2.19. The molecule has 1 aromatic heterocycles. The van der Waals surface area contributed by atoms with Gasteiger partial charge in [-0.25, -0.2) is 0 Å². The molecule has 1 atom stereocenters. The van der Waals surface area contributed by atoms with Crippen LogP contribution in [0.2, 0.25) is 0 Å². The van der Waals surface area contributed by atoms with Gasteiger partial charge in [-0.05, 0) is 49.6 Å². The first-order chi connectivity index (χ1) is 12.7. The summed E-state index contributed by atoms with van der Waals surface area (Å²) in [5.41, 5.74) is 1.29. The average Bonchev–Trinajstić information content (AvgIpc) is 3.31. The summed E-state index contributed by atoms with van der Waals surface area (Å²) in [5.74, 6) is 1.52. The van der Waals surface area contributed by atoms with Gasteiger partial charge >= 0.3 is 0 Å². The number of hydrogen-bond donors (Lipinski definition) is 2. The molecule has 1 aromatic carbocycles. The van der Waals surface area contributed by atoms with Gasteiger partial charge < -0.3 is 20.1 Å². The molecule has 1 aliphatic rings. The number of anilines is 1. The van der Waals surface area contributed by atoms with Gasteiger partial charge in [-0.1, -0.05) is 22.0 Å². The van der Waals surface area contributed by atoms with Crippen LogP contribution < -0.4 is 15.5 Å². The van der Waals surface area contributed by atoms with E-state index in [4.69, 9.17) is 4.99 Å². The second-order valence-corrected chi connectivity index (χ2v) is 7.56. The highest BCUT2D eigenvalue weighted by atomic mass is 127. The Kier molecular flexibility index (Phi) is 9.47. The summed E-state index contributed by atoms with van der Waals surface area (Å²) in [6, 6.07) is 12.7. The number of nitrogens with zero attached hydrogens (tertiary/aromatic N) is 3. The minimum Gasteiger partial charge on any atom is -0.371 e. The van der Waals surface area contributed by atoms with Crippen molar-refractivity contribution < 1.29 is 0 Å². The lowest BCUT2D eigenvalue weighted by atomic mass is 10.1. The number of rotatable bonds is 7. The lowest BCUT2D eigenvalue weighted by molar-refractivity contribution is 0.596. The number of nitrogens with one attached hydrogen (secondary N) is 2. The third-order valence-corrected chi connectivity index (χ3v) is 5.13. The largest absolute Gasteiger partial charge is 0.371 e. The molecule has 2 aromatic rings. The summed E-state index contributed by atoms with van der Waals surface area (Å²) in [6.45, 7) is 7.84. The minimum absolute atomic E-state index is 0.